The van der Waals surface area contributed by atoms with Gasteiger partial charge in [0.1, 0.15) is 10.8 Å². The molecule has 1 aromatic heterocycles. The van der Waals surface area contributed by atoms with Crippen molar-refractivity contribution in [2.75, 3.05) is 6.61 Å². The fourth-order valence-corrected chi connectivity index (χ4v) is 1.21. The molecule has 0 fully saturated rings. The van der Waals surface area contributed by atoms with Crippen LogP contribution >= 0.6 is 15.9 Å². The van der Waals surface area contributed by atoms with E-state index in [-0.39, 0.29) is 11.1 Å². The minimum atomic E-state index is -2.16. The van der Waals surface area contributed by atoms with Crippen LogP contribution in [0, 0.1) is 0 Å². The average molecular weight is 279 g/mol. The maximum Gasteiger partial charge on any atom is 0.362 e. The van der Waals surface area contributed by atoms with Crippen molar-refractivity contribution in [1.82, 2.24) is 9.55 Å². The summed E-state index contributed by atoms with van der Waals surface area (Å²) < 4.78 is 18.5. The van der Waals surface area contributed by atoms with Crippen molar-refractivity contribution < 1.29 is 13.9 Å². The highest BCUT2D eigenvalue weighted by Gasteiger charge is 2.22. The van der Waals surface area contributed by atoms with Gasteiger partial charge in [-0.1, -0.05) is 0 Å². The number of hydrogen-bond donors (Lipinski definition) is 0. The van der Waals surface area contributed by atoms with E-state index in [4.69, 9.17) is 0 Å². The molecule has 15 heavy (non-hydrogen) atoms. The second-order valence-corrected chi connectivity index (χ2v) is 3.40. The van der Waals surface area contributed by atoms with Gasteiger partial charge in [-0.25, -0.2) is 14.2 Å². The highest BCUT2D eigenvalue weighted by atomic mass is 79.9. The van der Waals surface area contributed by atoms with Gasteiger partial charge in [-0.15, -0.1) is 0 Å². The van der Waals surface area contributed by atoms with Gasteiger partial charge in [-0.2, -0.15) is 0 Å². The fourth-order valence-electron chi connectivity index (χ4n) is 0.888. The Hall–Kier alpha value is -1.24. The molecule has 0 radical (unpaired) electrons. The fraction of sp³-hybridized carbons (Fsp3) is 0.375. The van der Waals surface area contributed by atoms with Crippen molar-refractivity contribution >= 4 is 21.9 Å². The molecule has 0 amide bonds. The van der Waals surface area contributed by atoms with Gasteiger partial charge < -0.3 is 4.74 Å². The molecular formula is C8H8BrFN2O3. The molecule has 0 aromatic carbocycles. The number of carbonyl (C=O) groups is 1. The second-order valence-electron chi connectivity index (χ2n) is 2.54. The van der Waals surface area contributed by atoms with Crippen LogP contribution in [-0.2, 0) is 9.53 Å². The lowest BCUT2D eigenvalue weighted by Crippen LogP contribution is -2.28. The zero-order chi connectivity index (χ0) is 11.4. The first kappa shape index (κ1) is 11.8. The van der Waals surface area contributed by atoms with Crippen LogP contribution in [-0.4, -0.2) is 22.1 Å². The van der Waals surface area contributed by atoms with Crippen LogP contribution in [0.1, 0.15) is 13.2 Å². The Morgan fingerprint density at radius 2 is 2.47 bits per heavy atom. The van der Waals surface area contributed by atoms with E-state index in [2.05, 4.69) is 25.7 Å². The molecule has 0 aliphatic carbocycles. The van der Waals surface area contributed by atoms with Gasteiger partial charge in [0, 0.05) is 6.20 Å². The molecule has 1 heterocycles. The molecule has 0 aliphatic rings. The standard InChI is InChI=1S/C8H8BrFN2O3/c1-2-15-8(14)6(10)12-4-11-3-5(9)7(12)13/h3-4,6H,2H2,1H3. The van der Waals surface area contributed by atoms with Crippen LogP contribution in [0.15, 0.2) is 21.8 Å². The summed E-state index contributed by atoms with van der Waals surface area (Å²) in [5, 5.41) is 0. The number of alkyl halides is 1. The van der Waals surface area contributed by atoms with Crippen LogP contribution < -0.4 is 5.56 Å². The Morgan fingerprint density at radius 3 is 3.07 bits per heavy atom. The Bertz CT molecular complexity index is 421. The molecule has 0 saturated carbocycles. The molecule has 1 aromatic rings. The maximum absolute atomic E-state index is 13.4. The molecule has 0 N–H and O–H groups in total. The number of hydrogen-bond acceptors (Lipinski definition) is 4. The van der Waals surface area contributed by atoms with Gasteiger partial charge >= 0.3 is 5.97 Å². The third-order valence-electron chi connectivity index (χ3n) is 1.54. The average Bonchev–Trinajstić information content (AvgIpc) is 2.21. The molecule has 0 bridgehead atoms. The van der Waals surface area contributed by atoms with E-state index >= 15 is 0 Å². The smallest absolute Gasteiger partial charge is 0.362 e. The first-order valence-corrected chi connectivity index (χ1v) is 4.89. The Balaban J connectivity index is 3.01. The molecule has 0 saturated heterocycles. The maximum atomic E-state index is 13.4. The summed E-state index contributed by atoms with van der Waals surface area (Å²) in [5.41, 5.74) is -0.675. The lowest BCUT2D eigenvalue weighted by molar-refractivity contribution is -0.153. The highest BCUT2D eigenvalue weighted by Crippen LogP contribution is 2.08. The molecule has 7 heteroatoms. The topological polar surface area (TPSA) is 61.2 Å². The van der Waals surface area contributed by atoms with E-state index < -0.39 is 17.8 Å². The highest BCUT2D eigenvalue weighted by molar-refractivity contribution is 9.10. The van der Waals surface area contributed by atoms with Crippen molar-refractivity contribution in [2.24, 2.45) is 0 Å². The van der Waals surface area contributed by atoms with Crippen molar-refractivity contribution in [1.29, 1.82) is 0 Å². The third kappa shape index (κ3) is 2.62. The van der Waals surface area contributed by atoms with Gasteiger partial charge in [-0.3, -0.25) is 9.36 Å². The number of aromatic nitrogens is 2. The summed E-state index contributed by atoms with van der Waals surface area (Å²) in [5.74, 6) is -1.11. The van der Waals surface area contributed by atoms with Crippen molar-refractivity contribution in [3.8, 4) is 0 Å². The van der Waals surface area contributed by atoms with Crippen LogP contribution in [0.25, 0.3) is 0 Å². The lowest BCUT2D eigenvalue weighted by atomic mass is 10.5. The summed E-state index contributed by atoms with van der Waals surface area (Å²) in [4.78, 5) is 25.9. The SMILES string of the molecule is CCOC(=O)C(F)n1cncc(Br)c1=O. The number of rotatable bonds is 3. The lowest BCUT2D eigenvalue weighted by Gasteiger charge is -2.09. The van der Waals surface area contributed by atoms with Gasteiger partial charge in [0.15, 0.2) is 0 Å². The summed E-state index contributed by atoms with van der Waals surface area (Å²) in [6, 6.07) is 0. The van der Waals surface area contributed by atoms with Crippen LogP contribution in [0.2, 0.25) is 0 Å². The first-order valence-electron chi connectivity index (χ1n) is 4.10. The van der Waals surface area contributed by atoms with Crippen LogP contribution in [0.5, 0.6) is 0 Å². The number of esters is 1. The third-order valence-corrected chi connectivity index (χ3v) is 2.09. The monoisotopic (exact) mass is 278 g/mol. The zero-order valence-corrected chi connectivity index (χ0v) is 9.40. The predicted octanol–water partition coefficient (Wildman–Crippen LogP) is 1.04. The normalized spacial score (nSPS) is 12.2. The molecular weight excluding hydrogens is 271 g/mol. The minimum absolute atomic E-state index is 0.0510. The molecule has 5 nitrogen and oxygen atoms in total. The quantitative estimate of drug-likeness (QED) is 0.775. The summed E-state index contributed by atoms with van der Waals surface area (Å²) in [7, 11) is 0. The van der Waals surface area contributed by atoms with Crippen LogP contribution in [0.3, 0.4) is 0 Å². The van der Waals surface area contributed by atoms with Crippen molar-refractivity contribution in [2.45, 2.75) is 13.2 Å². The summed E-state index contributed by atoms with van der Waals surface area (Å²) in [6.07, 6.45) is -0.00628. The summed E-state index contributed by atoms with van der Waals surface area (Å²) in [6.45, 7) is 1.60. The summed E-state index contributed by atoms with van der Waals surface area (Å²) >= 11 is 2.89. The predicted molar refractivity (Wildman–Crippen MR) is 53.0 cm³/mol. The van der Waals surface area contributed by atoms with E-state index in [1.54, 1.807) is 6.92 Å². The Morgan fingerprint density at radius 1 is 1.80 bits per heavy atom. The molecule has 0 aliphatic heterocycles. The molecule has 82 valence electrons. The molecule has 1 rings (SSSR count). The minimum Gasteiger partial charge on any atom is -0.462 e. The van der Waals surface area contributed by atoms with Crippen molar-refractivity contribution in [3.63, 3.8) is 0 Å². The number of halogens is 2. The van der Waals surface area contributed by atoms with Gasteiger partial charge in [0.2, 0.25) is 0 Å². The van der Waals surface area contributed by atoms with Gasteiger partial charge in [0.05, 0.1) is 6.61 Å². The molecule has 0 spiro atoms. The largest absolute Gasteiger partial charge is 0.462 e. The first-order chi connectivity index (χ1) is 7.07. The Kier molecular flexibility index (Phi) is 3.96. The van der Waals surface area contributed by atoms with Crippen LogP contribution in [0.4, 0.5) is 4.39 Å². The number of carbonyl (C=O) groups excluding carboxylic acids is 1. The van der Waals surface area contributed by atoms with Gasteiger partial charge in [-0.05, 0) is 22.9 Å². The van der Waals surface area contributed by atoms with E-state index in [1.807, 2.05) is 0 Å². The van der Waals surface area contributed by atoms with Gasteiger partial charge in [0.25, 0.3) is 11.9 Å². The molecule has 1 atom stereocenters. The van der Waals surface area contributed by atoms with E-state index in [0.29, 0.717) is 4.57 Å². The van der Waals surface area contributed by atoms with E-state index in [1.165, 1.54) is 6.20 Å². The molecule has 1 unspecified atom stereocenters. The second kappa shape index (κ2) is 5.01. The number of ether oxygens (including phenoxy) is 1. The van der Waals surface area contributed by atoms with E-state index in [0.717, 1.165) is 6.33 Å². The Labute approximate surface area is 93.0 Å². The van der Waals surface area contributed by atoms with E-state index in [9.17, 15) is 14.0 Å². The number of nitrogens with zero attached hydrogens (tertiary/aromatic N) is 2. The van der Waals surface area contributed by atoms with Crippen molar-refractivity contribution in [3.05, 3.63) is 27.4 Å². The zero-order valence-electron chi connectivity index (χ0n) is 7.81.